The van der Waals surface area contributed by atoms with Gasteiger partial charge in [0, 0.05) is 53.3 Å². The minimum absolute atomic E-state index is 1.11. The summed E-state index contributed by atoms with van der Waals surface area (Å²) in [5.74, 6) is 0. The van der Waals surface area contributed by atoms with E-state index in [9.17, 15) is 0 Å². The van der Waals surface area contributed by atoms with Crippen LogP contribution in [0, 0.1) is 0 Å². The Balaban J connectivity index is 1.14. The monoisotopic (exact) mass is 744 g/mol. The topological polar surface area (TPSA) is 8.17 Å². The highest BCUT2D eigenvalue weighted by atomic mass is 32.1. The van der Waals surface area contributed by atoms with Crippen LogP contribution < -0.4 is 4.90 Å². The molecule has 0 saturated heterocycles. The minimum Gasteiger partial charge on any atom is -0.309 e. The van der Waals surface area contributed by atoms with Crippen LogP contribution in [0.3, 0.4) is 0 Å². The normalized spacial score (nSPS) is 11.5. The molecule has 0 spiro atoms. The lowest BCUT2D eigenvalue weighted by Crippen LogP contribution is -2.11. The molecule has 268 valence electrons. The molecule has 0 aliphatic carbocycles. The van der Waals surface area contributed by atoms with Crippen LogP contribution in [0.2, 0.25) is 0 Å². The van der Waals surface area contributed by atoms with Gasteiger partial charge in [-0.3, -0.25) is 0 Å². The Morgan fingerprint density at radius 3 is 1.75 bits per heavy atom. The van der Waals surface area contributed by atoms with Crippen LogP contribution in [0.4, 0.5) is 17.1 Å². The molecule has 2 heterocycles. The largest absolute Gasteiger partial charge is 0.309 e. The molecule has 2 nitrogen and oxygen atoms in total. The van der Waals surface area contributed by atoms with Gasteiger partial charge >= 0.3 is 0 Å². The van der Waals surface area contributed by atoms with E-state index in [1.54, 1.807) is 0 Å². The summed E-state index contributed by atoms with van der Waals surface area (Å²) in [7, 11) is 0. The summed E-state index contributed by atoms with van der Waals surface area (Å²) >= 11 is 1.88. The first kappa shape index (κ1) is 33.2. The SMILES string of the molecule is c1ccc(-c2ccc(-c3ccccc3-n3c4ccccc4c4c(N(c5ccccc5)c5ccccc5-c5cccc6c5sc5ccccc56)cccc43)cc2)cc1. The Morgan fingerprint density at radius 2 is 0.912 bits per heavy atom. The van der Waals surface area contributed by atoms with Crippen LogP contribution in [0.1, 0.15) is 0 Å². The highest BCUT2D eigenvalue weighted by Gasteiger charge is 2.24. The number of fused-ring (bicyclic) bond motifs is 6. The Kier molecular flexibility index (Phi) is 8.04. The summed E-state index contributed by atoms with van der Waals surface area (Å²) in [6, 6.07) is 79.3. The van der Waals surface area contributed by atoms with Gasteiger partial charge in [-0.05, 0) is 65.2 Å². The second-order valence-electron chi connectivity index (χ2n) is 14.5. The van der Waals surface area contributed by atoms with Crippen molar-refractivity contribution in [2.24, 2.45) is 0 Å². The number of hydrogen-bond donors (Lipinski definition) is 0. The number of thiophene rings is 1. The minimum atomic E-state index is 1.11. The fourth-order valence-corrected chi connectivity index (χ4v) is 9.90. The van der Waals surface area contributed by atoms with Gasteiger partial charge in [-0.25, -0.2) is 0 Å². The summed E-state index contributed by atoms with van der Waals surface area (Å²) in [5.41, 5.74) is 14.1. The number of aromatic nitrogens is 1. The molecule has 57 heavy (non-hydrogen) atoms. The molecule has 0 atom stereocenters. The zero-order chi connectivity index (χ0) is 37.7. The van der Waals surface area contributed by atoms with Crippen molar-refractivity contribution >= 4 is 70.4 Å². The van der Waals surface area contributed by atoms with Crippen molar-refractivity contribution in [3.63, 3.8) is 0 Å². The van der Waals surface area contributed by atoms with Crippen LogP contribution >= 0.6 is 11.3 Å². The third-order valence-electron chi connectivity index (χ3n) is 11.2. The van der Waals surface area contributed by atoms with Crippen LogP contribution in [-0.4, -0.2) is 4.57 Å². The molecule has 0 saturated carbocycles. The number of anilines is 3. The summed E-state index contributed by atoms with van der Waals surface area (Å²) in [6.45, 7) is 0. The maximum absolute atomic E-state index is 2.47. The van der Waals surface area contributed by atoms with E-state index < -0.39 is 0 Å². The average Bonchev–Trinajstić information content (AvgIpc) is 3.84. The first-order valence-electron chi connectivity index (χ1n) is 19.4. The number of benzene rings is 9. The van der Waals surface area contributed by atoms with Gasteiger partial charge in [0.25, 0.3) is 0 Å². The standard InChI is InChI=1S/C54H36N2S/c1-3-17-37(18-4-1)38-33-35-39(36-34-38)41-21-7-11-27-47(41)56-49-29-13-9-24-46(49)53-50(30-16-31-51(53)56)55(40-19-5-2-6-20-40)48-28-12-8-22-42(48)44-25-15-26-45-43-23-10-14-32-52(43)57-54(44)45/h1-36H. The molecule has 0 unspecified atom stereocenters. The summed E-state index contributed by atoms with van der Waals surface area (Å²) < 4.78 is 5.08. The van der Waals surface area contributed by atoms with Gasteiger partial charge in [0.2, 0.25) is 0 Å². The Labute approximate surface area is 335 Å². The highest BCUT2D eigenvalue weighted by Crippen LogP contribution is 2.49. The molecule has 0 aliphatic rings. The predicted molar refractivity (Wildman–Crippen MR) is 245 cm³/mol. The quantitative estimate of drug-likeness (QED) is 0.158. The Bertz CT molecular complexity index is 3230. The van der Waals surface area contributed by atoms with E-state index in [-0.39, 0.29) is 0 Å². The van der Waals surface area contributed by atoms with Gasteiger partial charge in [-0.15, -0.1) is 11.3 Å². The van der Waals surface area contributed by atoms with E-state index >= 15 is 0 Å². The molecule has 11 aromatic rings. The second kappa shape index (κ2) is 13.8. The number of para-hydroxylation sites is 4. The average molecular weight is 745 g/mol. The molecule has 0 N–H and O–H groups in total. The van der Waals surface area contributed by atoms with Gasteiger partial charge in [0.15, 0.2) is 0 Å². The van der Waals surface area contributed by atoms with Gasteiger partial charge < -0.3 is 9.47 Å². The van der Waals surface area contributed by atoms with E-state index in [0.717, 1.165) is 28.3 Å². The molecular weight excluding hydrogens is 709 g/mol. The second-order valence-corrected chi connectivity index (χ2v) is 15.5. The van der Waals surface area contributed by atoms with E-state index in [4.69, 9.17) is 0 Å². The van der Waals surface area contributed by atoms with E-state index in [0.29, 0.717) is 0 Å². The van der Waals surface area contributed by atoms with Gasteiger partial charge in [-0.1, -0.05) is 170 Å². The van der Waals surface area contributed by atoms with Crippen molar-refractivity contribution in [2.45, 2.75) is 0 Å². The lowest BCUT2D eigenvalue weighted by atomic mass is 9.99. The molecule has 9 aromatic carbocycles. The van der Waals surface area contributed by atoms with Gasteiger partial charge in [-0.2, -0.15) is 0 Å². The number of nitrogens with zero attached hydrogens (tertiary/aromatic N) is 2. The lowest BCUT2D eigenvalue weighted by molar-refractivity contribution is 1.18. The number of hydrogen-bond acceptors (Lipinski definition) is 2. The first-order valence-corrected chi connectivity index (χ1v) is 20.3. The van der Waals surface area contributed by atoms with Crippen molar-refractivity contribution in [3.8, 4) is 39.1 Å². The van der Waals surface area contributed by atoms with E-state index in [1.807, 2.05) is 11.3 Å². The van der Waals surface area contributed by atoms with Crippen molar-refractivity contribution in [3.05, 3.63) is 218 Å². The molecule has 0 bridgehead atoms. The van der Waals surface area contributed by atoms with Gasteiger partial charge in [0.05, 0.1) is 28.1 Å². The van der Waals surface area contributed by atoms with Crippen LogP contribution in [-0.2, 0) is 0 Å². The summed E-state index contributed by atoms with van der Waals surface area (Å²) in [4.78, 5) is 2.47. The van der Waals surface area contributed by atoms with Crippen LogP contribution in [0.15, 0.2) is 218 Å². The van der Waals surface area contributed by atoms with Crippen LogP contribution in [0.5, 0.6) is 0 Å². The summed E-state index contributed by atoms with van der Waals surface area (Å²) in [6.07, 6.45) is 0. The van der Waals surface area contributed by atoms with Crippen molar-refractivity contribution in [1.29, 1.82) is 0 Å². The third-order valence-corrected chi connectivity index (χ3v) is 12.4. The Hall–Kier alpha value is -7.20. The van der Waals surface area contributed by atoms with Crippen molar-refractivity contribution in [2.75, 3.05) is 4.90 Å². The van der Waals surface area contributed by atoms with E-state index in [1.165, 1.54) is 69.8 Å². The zero-order valence-corrected chi connectivity index (χ0v) is 31.9. The molecule has 2 aromatic heterocycles. The zero-order valence-electron chi connectivity index (χ0n) is 31.1. The fourth-order valence-electron chi connectivity index (χ4n) is 8.67. The van der Waals surface area contributed by atoms with Crippen molar-refractivity contribution in [1.82, 2.24) is 4.57 Å². The molecule has 0 radical (unpaired) electrons. The molecule has 0 fully saturated rings. The number of rotatable bonds is 7. The molecular formula is C54H36N2S. The fraction of sp³-hybridized carbons (Fsp3) is 0. The smallest absolute Gasteiger partial charge is 0.0562 e. The molecule has 0 amide bonds. The van der Waals surface area contributed by atoms with E-state index in [2.05, 4.69) is 228 Å². The Morgan fingerprint density at radius 1 is 0.351 bits per heavy atom. The molecule has 3 heteroatoms. The van der Waals surface area contributed by atoms with Crippen LogP contribution in [0.25, 0.3) is 81.0 Å². The summed E-state index contributed by atoms with van der Waals surface area (Å²) in [5, 5.41) is 5.03. The lowest BCUT2D eigenvalue weighted by Gasteiger charge is -2.29. The molecule has 11 rings (SSSR count). The first-order chi connectivity index (χ1) is 28.3. The highest BCUT2D eigenvalue weighted by molar-refractivity contribution is 7.26. The predicted octanol–water partition coefficient (Wildman–Crippen LogP) is 15.6. The van der Waals surface area contributed by atoms with Crippen molar-refractivity contribution < 1.29 is 0 Å². The maximum atomic E-state index is 2.47. The molecule has 0 aliphatic heterocycles. The third kappa shape index (κ3) is 5.55. The maximum Gasteiger partial charge on any atom is 0.0562 e. The van der Waals surface area contributed by atoms with Gasteiger partial charge in [0.1, 0.15) is 0 Å².